The molecule has 0 spiro atoms. The highest BCUT2D eigenvalue weighted by atomic mass is 32.1. The molecular formula is C6H8N2O3S. The fraction of sp³-hybridized carbons (Fsp3) is 0.500. The Bertz CT molecular complexity index is 284. The van der Waals surface area contributed by atoms with E-state index in [4.69, 9.17) is 5.11 Å². The average Bonchev–Trinajstić information content (AvgIpc) is 2.33. The summed E-state index contributed by atoms with van der Waals surface area (Å²) in [7, 11) is 0. The molecule has 0 aliphatic rings. The Balaban J connectivity index is 2.84. The molecule has 0 radical (unpaired) electrons. The van der Waals surface area contributed by atoms with Crippen molar-refractivity contribution >= 4 is 17.7 Å². The molecule has 0 saturated heterocycles. The van der Waals surface area contributed by atoms with Crippen molar-refractivity contribution in [1.82, 2.24) is 9.59 Å². The predicted molar refractivity (Wildman–Crippen MR) is 42.7 cm³/mol. The van der Waals surface area contributed by atoms with Crippen LogP contribution in [0.15, 0.2) is 0 Å². The number of carbonyl (C=O) groups is 1. The zero-order chi connectivity index (χ0) is 9.14. The van der Waals surface area contributed by atoms with Crippen LogP contribution < -0.4 is 4.74 Å². The molecular weight excluding hydrogens is 180 g/mol. The van der Waals surface area contributed by atoms with Crippen molar-refractivity contribution in [1.29, 1.82) is 0 Å². The predicted octanol–water partition coefficient (Wildman–Crippen LogP) is 1.72. The normalized spacial score (nSPS) is 10.2. The van der Waals surface area contributed by atoms with Gasteiger partial charge in [-0.3, -0.25) is 0 Å². The average molecular weight is 188 g/mol. The maximum atomic E-state index is 10.2. The van der Waals surface area contributed by atoms with Gasteiger partial charge in [-0.1, -0.05) is 18.3 Å². The van der Waals surface area contributed by atoms with Gasteiger partial charge >= 0.3 is 6.16 Å². The summed E-state index contributed by atoms with van der Waals surface area (Å²) in [5.41, 5.74) is 0.586. The molecule has 1 N–H and O–H groups in total. The van der Waals surface area contributed by atoms with Crippen molar-refractivity contribution in [3.63, 3.8) is 0 Å². The highest BCUT2D eigenvalue weighted by Crippen LogP contribution is 2.27. The van der Waals surface area contributed by atoms with E-state index in [1.807, 2.05) is 13.8 Å². The van der Waals surface area contributed by atoms with E-state index in [-0.39, 0.29) is 11.0 Å². The van der Waals surface area contributed by atoms with Gasteiger partial charge in [0, 0.05) is 17.5 Å². The fourth-order valence-electron chi connectivity index (χ4n) is 0.690. The minimum absolute atomic E-state index is 0.123. The summed E-state index contributed by atoms with van der Waals surface area (Å²) in [4.78, 5) is 10.2. The molecule has 0 fully saturated rings. The zero-order valence-corrected chi connectivity index (χ0v) is 7.46. The SMILES string of the molecule is CC(C)c1nnsc1OC(=O)O. The number of rotatable bonds is 2. The Morgan fingerprint density at radius 2 is 2.33 bits per heavy atom. The Hall–Kier alpha value is -1.17. The lowest BCUT2D eigenvalue weighted by atomic mass is 10.2. The molecule has 0 atom stereocenters. The molecule has 66 valence electrons. The van der Waals surface area contributed by atoms with Gasteiger partial charge in [-0.15, -0.1) is 5.10 Å². The molecule has 0 aromatic carbocycles. The van der Waals surface area contributed by atoms with Crippen LogP contribution in [0.5, 0.6) is 5.06 Å². The summed E-state index contributed by atoms with van der Waals surface area (Å²) in [6.07, 6.45) is -1.33. The van der Waals surface area contributed by atoms with Crippen molar-refractivity contribution in [2.45, 2.75) is 19.8 Å². The Morgan fingerprint density at radius 1 is 1.67 bits per heavy atom. The van der Waals surface area contributed by atoms with Crippen LogP contribution in [0.25, 0.3) is 0 Å². The van der Waals surface area contributed by atoms with E-state index in [2.05, 4.69) is 14.3 Å². The maximum absolute atomic E-state index is 10.2. The first-order valence-corrected chi connectivity index (χ1v) is 4.11. The molecule has 6 heteroatoms. The van der Waals surface area contributed by atoms with Gasteiger partial charge in [0.15, 0.2) is 0 Å². The van der Waals surface area contributed by atoms with E-state index in [1.165, 1.54) is 0 Å². The van der Waals surface area contributed by atoms with Gasteiger partial charge < -0.3 is 9.84 Å². The molecule has 1 aromatic rings. The second kappa shape index (κ2) is 3.48. The Labute approximate surface area is 73.1 Å². The highest BCUT2D eigenvalue weighted by molar-refractivity contribution is 7.07. The van der Waals surface area contributed by atoms with Gasteiger partial charge in [0.05, 0.1) is 0 Å². The third-order valence-electron chi connectivity index (χ3n) is 1.21. The number of ether oxygens (including phenoxy) is 1. The molecule has 0 bridgehead atoms. The first kappa shape index (κ1) is 8.92. The molecule has 1 heterocycles. The number of aromatic nitrogens is 2. The first-order chi connectivity index (χ1) is 5.61. The summed E-state index contributed by atoms with van der Waals surface area (Å²) < 4.78 is 8.06. The van der Waals surface area contributed by atoms with Gasteiger partial charge in [0.2, 0.25) is 5.06 Å². The number of hydrogen-bond donors (Lipinski definition) is 1. The molecule has 5 nitrogen and oxygen atoms in total. The lowest BCUT2D eigenvalue weighted by Gasteiger charge is -2.00. The smallest absolute Gasteiger partial charge is 0.449 e. The molecule has 0 saturated carbocycles. The molecule has 0 unspecified atom stereocenters. The molecule has 0 aliphatic heterocycles. The van der Waals surface area contributed by atoms with Gasteiger partial charge in [0.1, 0.15) is 5.69 Å². The minimum atomic E-state index is -1.33. The lowest BCUT2D eigenvalue weighted by molar-refractivity contribution is 0.145. The minimum Gasteiger partial charge on any atom is -0.449 e. The van der Waals surface area contributed by atoms with E-state index in [9.17, 15) is 4.79 Å². The molecule has 0 amide bonds. The van der Waals surface area contributed by atoms with E-state index < -0.39 is 6.16 Å². The van der Waals surface area contributed by atoms with Crippen LogP contribution in [0.3, 0.4) is 0 Å². The summed E-state index contributed by atoms with van der Waals surface area (Å²) in [6, 6.07) is 0. The monoisotopic (exact) mass is 188 g/mol. The Morgan fingerprint density at radius 3 is 2.83 bits per heavy atom. The summed E-state index contributed by atoms with van der Waals surface area (Å²) in [5, 5.41) is 12.3. The van der Waals surface area contributed by atoms with Gasteiger partial charge in [-0.2, -0.15) is 0 Å². The van der Waals surface area contributed by atoms with Crippen molar-refractivity contribution < 1.29 is 14.6 Å². The van der Waals surface area contributed by atoms with Crippen LogP contribution in [0, 0.1) is 0 Å². The van der Waals surface area contributed by atoms with Crippen molar-refractivity contribution in [3.8, 4) is 5.06 Å². The van der Waals surface area contributed by atoms with E-state index >= 15 is 0 Å². The number of nitrogens with zero attached hydrogens (tertiary/aromatic N) is 2. The third-order valence-corrected chi connectivity index (χ3v) is 1.83. The molecule has 12 heavy (non-hydrogen) atoms. The largest absolute Gasteiger partial charge is 0.512 e. The van der Waals surface area contributed by atoms with E-state index in [0.717, 1.165) is 11.5 Å². The zero-order valence-electron chi connectivity index (χ0n) is 6.64. The first-order valence-electron chi connectivity index (χ1n) is 3.34. The Kier molecular flexibility index (Phi) is 2.59. The molecule has 1 aromatic heterocycles. The van der Waals surface area contributed by atoms with Gasteiger partial charge in [0.25, 0.3) is 0 Å². The second-order valence-electron chi connectivity index (χ2n) is 2.47. The highest BCUT2D eigenvalue weighted by Gasteiger charge is 2.15. The van der Waals surface area contributed by atoms with Crippen LogP contribution in [0.1, 0.15) is 25.5 Å². The van der Waals surface area contributed by atoms with E-state index in [0.29, 0.717) is 5.69 Å². The summed E-state index contributed by atoms with van der Waals surface area (Å²) in [6.45, 7) is 3.79. The van der Waals surface area contributed by atoms with Crippen LogP contribution in [-0.4, -0.2) is 20.8 Å². The quantitative estimate of drug-likeness (QED) is 0.715. The topological polar surface area (TPSA) is 72.3 Å². The maximum Gasteiger partial charge on any atom is 0.512 e. The van der Waals surface area contributed by atoms with Crippen LogP contribution in [0.2, 0.25) is 0 Å². The lowest BCUT2D eigenvalue weighted by Crippen LogP contribution is -2.04. The molecule has 0 aliphatic carbocycles. The van der Waals surface area contributed by atoms with E-state index in [1.54, 1.807) is 0 Å². The van der Waals surface area contributed by atoms with Crippen molar-refractivity contribution in [2.75, 3.05) is 0 Å². The van der Waals surface area contributed by atoms with Gasteiger partial charge in [-0.25, -0.2) is 4.79 Å². The fourth-order valence-corrected chi connectivity index (χ4v) is 1.37. The van der Waals surface area contributed by atoms with Crippen molar-refractivity contribution in [3.05, 3.63) is 5.69 Å². The number of hydrogen-bond acceptors (Lipinski definition) is 5. The standard InChI is InChI=1S/C6H8N2O3S/c1-3(2)4-5(11-6(9)10)12-8-7-4/h3H,1-2H3,(H,9,10). The van der Waals surface area contributed by atoms with Gasteiger partial charge in [-0.05, 0) is 0 Å². The van der Waals surface area contributed by atoms with Crippen LogP contribution in [-0.2, 0) is 0 Å². The number of carboxylic acid groups (broad SMARTS) is 1. The van der Waals surface area contributed by atoms with Crippen LogP contribution in [0.4, 0.5) is 4.79 Å². The summed E-state index contributed by atoms with van der Waals surface area (Å²) >= 11 is 0.942. The van der Waals surface area contributed by atoms with Crippen LogP contribution >= 0.6 is 11.5 Å². The molecule has 1 rings (SSSR count). The summed E-state index contributed by atoms with van der Waals surface area (Å²) in [5.74, 6) is 0.123. The van der Waals surface area contributed by atoms with Crippen molar-refractivity contribution in [2.24, 2.45) is 0 Å². The second-order valence-corrected chi connectivity index (χ2v) is 3.18. The third kappa shape index (κ3) is 1.91.